The van der Waals surface area contributed by atoms with Crippen molar-refractivity contribution in [2.24, 2.45) is 0 Å². The van der Waals surface area contributed by atoms with Crippen molar-refractivity contribution in [3.05, 3.63) is 83.6 Å². The number of pyridine rings is 1. The predicted octanol–water partition coefficient (Wildman–Crippen LogP) is 3.18. The van der Waals surface area contributed by atoms with Crippen LogP contribution in [0.2, 0.25) is 0 Å². The van der Waals surface area contributed by atoms with Crippen molar-refractivity contribution in [3.8, 4) is 11.5 Å². The van der Waals surface area contributed by atoms with Crippen LogP contribution in [0.25, 0.3) is 0 Å². The molecule has 0 saturated heterocycles. The van der Waals surface area contributed by atoms with Gasteiger partial charge in [0.1, 0.15) is 17.3 Å². The van der Waals surface area contributed by atoms with Gasteiger partial charge in [-0.15, -0.1) is 0 Å². The van der Waals surface area contributed by atoms with Crippen LogP contribution >= 0.6 is 0 Å². The van der Waals surface area contributed by atoms with Crippen LogP contribution in [-0.4, -0.2) is 56.1 Å². The van der Waals surface area contributed by atoms with Crippen molar-refractivity contribution >= 4 is 17.6 Å². The molecule has 0 aliphatic heterocycles. The smallest absolute Gasteiger partial charge is 0.239 e. The number of aryl methyl sites for hydroxylation is 1. The molecule has 178 valence electrons. The fourth-order valence-electron chi connectivity index (χ4n) is 3.43. The summed E-state index contributed by atoms with van der Waals surface area (Å²) in [7, 11) is 4.94. The van der Waals surface area contributed by atoms with Gasteiger partial charge in [0.2, 0.25) is 11.8 Å². The molecule has 2 aromatic carbocycles. The van der Waals surface area contributed by atoms with E-state index >= 15 is 0 Å². The molecule has 0 bridgehead atoms. The number of nitrogens with zero attached hydrogens (tertiary/aromatic N) is 2. The third-order valence-corrected chi connectivity index (χ3v) is 5.21. The number of nitrogens with one attached hydrogen (secondary N) is 2. The van der Waals surface area contributed by atoms with Crippen LogP contribution in [-0.2, 0) is 9.59 Å². The van der Waals surface area contributed by atoms with Crippen LogP contribution in [0.3, 0.4) is 0 Å². The SMILES string of the molecule is COc1ccc(C(NC(=O)CN(C)CC(=O)Nc2ccc(C)cn2)c2ccc(OC)cc2)cc1. The monoisotopic (exact) mass is 462 g/mol. The Balaban J connectivity index is 1.65. The molecule has 8 heteroatoms. The zero-order valence-electron chi connectivity index (χ0n) is 19.9. The molecule has 0 saturated carbocycles. The average Bonchev–Trinajstić information content (AvgIpc) is 2.84. The molecule has 3 aromatic rings. The lowest BCUT2D eigenvalue weighted by Crippen LogP contribution is -2.40. The number of benzene rings is 2. The third-order valence-electron chi connectivity index (χ3n) is 5.21. The molecule has 0 spiro atoms. The Morgan fingerprint density at radius 1 is 0.853 bits per heavy atom. The number of aromatic nitrogens is 1. The molecule has 34 heavy (non-hydrogen) atoms. The number of anilines is 1. The van der Waals surface area contributed by atoms with Gasteiger partial charge in [0.25, 0.3) is 0 Å². The number of carbonyl (C=O) groups excluding carboxylic acids is 2. The molecule has 0 radical (unpaired) electrons. The Morgan fingerprint density at radius 2 is 1.38 bits per heavy atom. The first kappa shape index (κ1) is 24.7. The van der Waals surface area contributed by atoms with E-state index in [1.54, 1.807) is 38.4 Å². The number of amides is 2. The first-order valence-corrected chi connectivity index (χ1v) is 10.9. The van der Waals surface area contributed by atoms with E-state index in [1.807, 2.05) is 61.5 Å². The Bertz CT molecular complexity index is 1040. The second-order valence-corrected chi connectivity index (χ2v) is 7.99. The van der Waals surface area contributed by atoms with Crippen LogP contribution < -0.4 is 20.1 Å². The Labute approximate surface area is 199 Å². The quantitative estimate of drug-likeness (QED) is 0.481. The largest absolute Gasteiger partial charge is 0.497 e. The van der Waals surface area contributed by atoms with Crippen molar-refractivity contribution in [2.45, 2.75) is 13.0 Å². The van der Waals surface area contributed by atoms with Crippen molar-refractivity contribution in [1.29, 1.82) is 0 Å². The van der Waals surface area contributed by atoms with Crippen LogP contribution in [0.4, 0.5) is 5.82 Å². The van der Waals surface area contributed by atoms with E-state index in [2.05, 4.69) is 15.6 Å². The van der Waals surface area contributed by atoms with Crippen LogP contribution in [0, 0.1) is 6.92 Å². The van der Waals surface area contributed by atoms with Gasteiger partial charge in [-0.2, -0.15) is 0 Å². The number of ether oxygens (including phenoxy) is 2. The Hall–Kier alpha value is -3.91. The van der Waals surface area contributed by atoms with Crippen molar-refractivity contribution in [1.82, 2.24) is 15.2 Å². The van der Waals surface area contributed by atoms with Crippen molar-refractivity contribution < 1.29 is 19.1 Å². The fourth-order valence-corrected chi connectivity index (χ4v) is 3.43. The third kappa shape index (κ3) is 7.05. The van der Waals surface area contributed by atoms with Gasteiger partial charge in [-0.3, -0.25) is 14.5 Å². The number of likely N-dealkylation sites (N-methyl/N-ethyl adjacent to an activating group) is 1. The summed E-state index contributed by atoms with van der Waals surface area (Å²) in [6, 6.07) is 18.3. The summed E-state index contributed by atoms with van der Waals surface area (Å²) in [4.78, 5) is 31.0. The van der Waals surface area contributed by atoms with Crippen molar-refractivity contribution in [3.63, 3.8) is 0 Å². The Kier molecular flexibility index (Phi) is 8.59. The van der Waals surface area contributed by atoms with E-state index < -0.39 is 0 Å². The van der Waals surface area contributed by atoms with E-state index in [4.69, 9.17) is 9.47 Å². The van der Waals surface area contributed by atoms with Crippen LogP contribution in [0.5, 0.6) is 11.5 Å². The number of hydrogen-bond acceptors (Lipinski definition) is 6. The fraction of sp³-hybridized carbons (Fsp3) is 0.269. The van der Waals surface area contributed by atoms with Crippen molar-refractivity contribution in [2.75, 3.05) is 39.7 Å². The highest BCUT2D eigenvalue weighted by Gasteiger charge is 2.19. The van der Waals surface area contributed by atoms with Gasteiger partial charge in [0, 0.05) is 6.20 Å². The maximum atomic E-state index is 12.9. The van der Waals surface area contributed by atoms with E-state index in [1.165, 1.54) is 0 Å². The van der Waals surface area contributed by atoms with E-state index in [0.717, 1.165) is 28.2 Å². The molecule has 1 heterocycles. The molecule has 2 amide bonds. The predicted molar refractivity (Wildman–Crippen MR) is 131 cm³/mol. The van der Waals surface area contributed by atoms with E-state index in [-0.39, 0.29) is 30.9 Å². The van der Waals surface area contributed by atoms with Crippen LogP contribution in [0.15, 0.2) is 66.9 Å². The zero-order valence-corrected chi connectivity index (χ0v) is 19.9. The summed E-state index contributed by atoms with van der Waals surface area (Å²) in [5.74, 6) is 1.50. The minimum absolute atomic E-state index is 0.0531. The molecule has 0 atom stereocenters. The molecular formula is C26H30N4O4. The summed E-state index contributed by atoms with van der Waals surface area (Å²) in [6.45, 7) is 2.03. The van der Waals surface area contributed by atoms with Crippen LogP contribution in [0.1, 0.15) is 22.7 Å². The number of hydrogen-bond donors (Lipinski definition) is 2. The molecule has 8 nitrogen and oxygen atoms in total. The minimum atomic E-state index is -0.372. The highest BCUT2D eigenvalue weighted by molar-refractivity contribution is 5.91. The zero-order chi connectivity index (χ0) is 24.5. The van der Waals surface area contributed by atoms with Gasteiger partial charge in [-0.25, -0.2) is 4.98 Å². The topological polar surface area (TPSA) is 92.8 Å². The first-order chi connectivity index (χ1) is 16.4. The van der Waals surface area contributed by atoms with Gasteiger partial charge in [-0.1, -0.05) is 30.3 Å². The maximum Gasteiger partial charge on any atom is 0.239 e. The first-order valence-electron chi connectivity index (χ1n) is 10.9. The second-order valence-electron chi connectivity index (χ2n) is 7.99. The number of rotatable bonds is 10. The normalized spacial score (nSPS) is 10.8. The molecular weight excluding hydrogens is 432 g/mol. The lowest BCUT2D eigenvalue weighted by Gasteiger charge is -2.22. The Morgan fingerprint density at radius 3 is 1.85 bits per heavy atom. The average molecular weight is 463 g/mol. The summed E-state index contributed by atoms with van der Waals surface area (Å²) >= 11 is 0. The summed E-state index contributed by atoms with van der Waals surface area (Å²) in [5, 5.41) is 5.82. The minimum Gasteiger partial charge on any atom is -0.497 e. The molecule has 2 N–H and O–H groups in total. The standard InChI is InChI=1S/C26H30N4O4/c1-18-5-14-23(27-15-18)28-24(31)16-30(2)17-25(32)29-26(19-6-10-21(33-3)11-7-19)20-8-12-22(34-4)13-9-20/h5-15,26H,16-17H2,1-4H3,(H,29,32)(H,27,28,31). The lowest BCUT2D eigenvalue weighted by atomic mass is 9.98. The van der Waals surface area contributed by atoms with E-state index in [0.29, 0.717) is 5.82 Å². The van der Waals surface area contributed by atoms with Gasteiger partial charge in [0.15, 0.2) is 0 Å². The van der Waals surface area contributed by atoms with Gasteiger partial charge in [0.05, 0.1) is 33.4 Å². The lowest BCUT2D eigenvalue weighted by molar-refractivity contribution is -0.123. The second kappa shape index (κ2) is 11.8. The molecule has 0 aliphatic carbocycles. The number of carbonyl (C=O) groups is 2. The number of methoxy groups -OCH3 is 2. The molecule has 1 aromatic heterocycles. The van der Waals surface area contributed by atoms with Gasteiger partial charge in [-0.05, 0) is 61.0 Å². The highest BCUT2D eigenvalue weighted by Crippen LogP contribution is 2.26. The van der Waals surface area contributed by atoms with E-state index in [9.17, 15) is 9.59 Å². The summed E-state index contributed by atoms with van der Waals surface area (Å²) in [5.41, 5.74) is 2.82. The molecule has 3 rings (SSSR count). The van der Waals surface area contributed by atoms with Gasteiger partial charge < -0.3 is 20.1 Å². The maximum absolute atomic E-state index is 12.9. The summed E-state index contributed by atoms with van der Waals surface area (Å²) < 4.78 is 10.5. The highest BCUT2D eigenvalue weighted by atomic mass is 16.5. The van der Waals surface area contributed by atoms with Gasteiger partial charge >= 0.3 is 0 Å². The molecule has 0 unspecified atom stereocenters. The molecule has 0 fully saturated rings. The molecule has 0 aliphatic rings. The summed E-state index contributed by atoms with van der Waals surface area (Å²) in [6.07, 6.45) is 1.69.